The first kappa shape index (κ1) is 13.3. The van der Waals surface area contributed by atoms with Crippen LogP contribution in [0, 0.1) is 0 Å². The molecule has 10 heavy (non-hydrogen) atoms. The van der Waals surface area contributed by atoms with E-state index in [9.17, 15) is 0 Å². The van der Waals surface area contributed by atoms with Crippen molar-refractivity contribution < 1.29 is 0 Å². The van der Waals surface area contributed by atoms with Gasteiger partial charge in [-0.05, 0) is 0 Å². The quantitative estimate of drug-likeness (QED) is 0.584. The summed E-state index contributed by atoms with van der Waals surface area (Å²) < 4.78 is 0.431. The van der Waals surface area contributed by atoms with Crippen molar-refractivity contribution >= 4 is 21.6 Å². The molecule has 0 bridgehead atoms. The van der Waals surface area contributed by atoms with Crippen molar-refractivity contribution in [2.45, 2.75) is 46.3 Å². The molecular weight excluding hydrogens is 160 g/mol. The van der Waals surface area contributed by atoms with Crippen LogP contribution in [-0.2, 0) is 0 Å². The molecule has 0 radical (unpaired) electrons. The summed E-state index contributed by atoms with van der Waals surface area (Å²) in [6, 6.07) is 0. The number of hydrogen-bond acceptors (Lipinski definition) is 2. The third-order valence-electron chi connectivity index (χ3n) is 0.427. The van der Waals surface area contributed by atoms with Crippen LogP contribution in [-0.4, -0.2) is 10.5 Å². The summed E-state index contributed by atoms with van der Waals surface area (Å²) in [5.74, 6) is 1.21. The van der Waals surface area contributed by atoms with Crippen LogP contribution in [0.4, 0.5) is 0 Å². The first-order valence-electron chi connectivity index (χ1n) is 3.87. The van der Waals surface area contributed by atoms with E-state index in [-0.39, 0.29) is 0 Å². The van der Waals surface area contributed by atoms with Crippen LogP contribution < -0.4 is 0 Å². The molecule has 0 heterocycles. The van der Waals surface area contributed by atoms with Gasteiger partial charge < -0.3 is 0 Å². The molecule has 0 rings (SSSR count). The molecule has 0 aromatic carbocycles. The second kappa shape index (κ2) is 7.80. The van der Waals surface area contributed by atoms with Crippen LogP contribution >= 0.6 is 21.6 Å². The normalized spacial score (nSPS) is 10.2. The fourth-order valence-corrected chi connectivity index (χ4v) is 2.12. The molecule has 0 aliphatic carbocycles. The Morgan fingerprint density at radius 3 is 1.60 bits per heavy atom. The Balaban J connectivity index is 0. The molecule has 64 valence electrons. The largest absolute Gasteiger partial charge is 0.0939 e. The fourth-order valence-electron chi connectivity index (χ4n) is 0.236. The van der Waals surface area contributed by atoms with E-state index >= 15 is 0 Å². The first-order chi connectivity index (χ1) is 4.56. The highest BCUT2D eigenvalue weighted by molar-refractivity contribution is 8.77. The molecule has 0 aliphatic heterocycles. The van der Waals surface area contributed by atoms with Crippen molar-refractivity contribution in [3.8, 4) is 0 Å². The zero-order valence-corrected chi connectivity index (χ0v) is 9.66. The molecule has 2 heteroatoms. The topological polar surface area (TPSA) is 0 Å². The van der Waals surface area contributed by atoms with Gasteiger partial charge in [-0.15, -0.1) is 0 Å². The Kier molecular flexibility index (Phi) is 10.4. The molecule has 0 aromatic heterocycles. The highest BCUT2D eigenvalue weighted by Gasteiger charge is 2.08. The van der Waals surface area contributed by atoms with Gasteiger partial charge in [0.15, 0.2) is 0 Å². The maximum absolute atomic E-state index is 2.24. The molecule has 0 atom stereocenters. The van der Waals surface area contributed by atoms with E-state index in [2.05, 4.69) is 27.7 Å². The lowest BCUT2D eigenvalue weighted by Gasteiger charge is -2.14. The van der Waals surface area contributed by atoms with E-state index < -0.39 is 0 Å². The lowest BCUT2D eigenvalue weighted by Crippen LogP contribution is -2.04. The second-order valence-corrected chi connectivity index (χ2v) is 6.01. The fraction of sp³-hybridized carbons (Fsp3) is 1.00. The molecule has 0 saturated heterocycles. The van der Waals surface area contributed by atoms with Crippen LogP contribution in [0.5, 0.6) is 0 Å². The molecule has 0 nitrogen and oxygen atoms in total. The van der Waals surface area contributed by atoms with E-state index in [0.29, 0.717) is 4.75 Å². The third-order valence-corrected chi connectivity index (χ3v) is 3.84. The van der Waals surface area contributed by atoms with E-state index in [1.165, 1.54) is 5.75 Å². The van der Waals surface area contributed by atoms with Crippen molar-refractivity contribution in [2.75, 3.05) is 5.75 Å². The van der Waals surface area contributed by atoms with Gasteiger partial charge in [0, 0.05) is 10.5 Å². The van der Waals surface area contributed by atoms with Crippen molar-refractivity contribution in [3.05, 3.63) is 0 Å². The van der Waals surface area contributed by atoms with Crippen molar-refractivity contribution in [1.82, 2.24) is 0 Å². The zero-order chi connectivity index (χ0) is 8.62. The summed E-state index contributed by atoms with van der Waals surface area (Å²) in [7, 11) is 3.88. The lowest BCUT2D eigenvalue weighted by molar-refractivity contribution is 0.810. The SMILES string of the molecule is CC.CCSSC(C)(C)C. The van der Waals surface area contributed by atoms with Gasteiger partial charge in [0.25, 0.3) is 0 Å². The Morgan fingerprint density at radius 2 is 1.50 bits per heavy atom. The summed E-state index contributed by atoms with van der Waals surface area (Å²) in [4.78, 5) is 0. The smallest absolute Gasteiger partial charge is 0.0179 e. The maximum Gasteiger partial charge on any atom is 0.0179 e. The predicted octanol–water partition coefficient (Wildman–Crippen LogP) is 4.21. The van der Waals surface area contributed by atoms with Gasteiger partial charge in [0.2, 0.25) is 0 Å². The monoisotopic (exact) mass is 180 g/mol. The lowest BCUT2D eigenvalue weighted by atomic mass is 10.3. The summed E-state index contributed by atoms with van der Waals surface area (Å²) in [6.45, 7) is 12.9. The van der Waals surface area contributed by atoms with Gasteiger partial charge in [0.1, 0.15) is 0 Å². The summed E-state index contributed by atoms with van der Waals surface area (Å²) in [5, 5.41) is 0. The maximum atomic E-state index is 2.24. The minimum absolute atomic E-state index is 0.431. The van der Waals surface area contributed by atoms with Gasteiger partial charge in [-0.2, -0.15) is 0 Å². The zero-order valence-electron chi connectivity index (χ0n) is 8.02. The molecule has 0 unspecified atom stereocenters. The molecule has 0 N–H and O–H groups in total. The molecule has 0 spiro atoms. The van der Waals surface area contributed by atoms with Gasteiger partial charge in [-0.1, -0.05) is 63.1 Å². The molecule has 0 fully saturated rings. The Labute approximate surface area is 73.9 Å². The number of hydrogen-bond donors (Lipinski definition) is 0. The average molecular weight is 180 g/mol. The van der Waals surface area contributed by atoms with Gasteiger partial charge >= 0.3 is 0 Å². The molecule has 0 aliphatic rings. The average Bonchev–Trinajstić information content (AvgIpc) is 1.87. The van der Waals surface area contributed by atoms with Crippen LogP contribution in [0.15, 0.2) is 0 Å². The van der Waals surface area contributed by atoms with Crippen LogP contribution in [0.1, 0.15) is 41.5 Å². The van der Waals surface area contributed by atoms with Crippen LogP contribution in [0.2, 0.25) is 0 Å². The predicted molar refractivity (Wildman–Crippen MR) is 56.8 cm³/mol. The summed E-state index contributed by atoms with van der Waals surface area (Å²) in [5.41, 5.74) is 0. The van der Waals surface area contributed by atoms with Crippen molar-refractivity contribution in [1.29, 1.82) is 0 Å². The summed E-state index contributed by atoms with van der Waals surface area (Å²) in [6.07, 6.45) is 0. The van der Waals surface area contributed by atoms with Gasteiger partial charge in [0.05, 0.1) is 0 Å². The van der Waals surface area contributed by atoms with E-state index in [1.807, 2.05) is 35.4 Å². The number of rotatable bonds is 2. The summed E-state index contributed by atoms with van der Waals surface area (Å²) >= 11 is 0. The standard InChI is InChI=1S/C6H14S2.C2H6/c1-5-7-8-6(2,3)4;1-2/h5H2,1-4H3;1-2H3. The second-order valence-electron chi connectivity index (χ2n) is 2.60. The third kappa shape index (κ3) is 15.9. The van der Waals surface area contributed by atoms with Crippen LogP contribution in [0.3, 0.4) is 0 Å². The minimum atomic E-state index is 0.431. The minimum Gasteiger partial charge on any atom is -0.0939 e. The first-order valence-corrected chi connectivity index (χ1v) is 6.19. The van der Waals surface area contributed by atoms with E-state index in [0.717, 1.165) is 0 Å². The van der Waals surface area contributed by atoms with Gasteiger partial charge in [-0.3, -0.25) is 0 Å². The highest BCUT2D eigenvalue weighted by Crippen LogP contribution is 2.34. The van der Waals surface area contributed by atoms with E-state index in [1.54, 1.807) is 0 Å². The van der Waals surface area contributed by atoms with E-state index in [4.69, 9.17) is 0 Å². The Morgan fingerprint density at radius 1 is 1.10 bits per heavy atom. The molecule has 0 aromatic rings. The van der Waals surface area contributed by atoms with Crippen molar-refractivity contribution in [2.24, 2.45) is 0 Å². The molecule has 0 amide bonds. The Hall–Kier alpha value is 0.700. The molecule has 0 saturated carbocycles. The van der Waals surface area contributed by atoms with Crippen LogP contribution in [0.25, 0.3) is 0 Å². The van der Waals surface area contributed by atoms with Crippen molar-refractivity contribution in [3.63, 3.8) is 0 Å². The van der Waals surface area contributed by atoms with Gasteiger partial charge in [-0.25, -0.2) is 0 Å². The highest BCUT2D eigenvalue weighted by atomic mass is 33.1. The Bertz CT molecular complexity index is 54.8. The molecular formula is C8H20S2.